The molecule has 0 aliphatic carbocycles. The van der Waals surface area contributed by atoms with Crippen LogP contribution in [0, 0.1) is 0 Å². The van der Waals surface area contributed by atoms with Gasteiger partial charge in [-0.15, -0.1) is 0 Å². The van der Waals surface area contributed by atoms with Crippen LogP contribution in [-0.2, 0) is 11.8 Å². The van der Waals surface area contributed by atoms with Gasteiger partial charge >= 0.3 is 6.09 Å². The van der Waals surface area contributed by atoms with Gasteiger partial charge in [0.1, 0.15) is 5.60 Å². The molecule has 4 heterocycles. The van der Waals surface area contributed by atoms with Gasteiger partial charge in [0.2, 0.25) is 0 Å². The first-order chi connectivity index (χ1) is 19.1. The minimum atomic E-state index is -0.465. The third-order valence-electron chi connectivity index (χ3n) is 8.77. The van der Waals surface area contributed by atoms with E-state index in [4.69, 9.17) is 4.74 Å². The van der Waals surface area contributed by atoms with Crippen LogP contribution in [-0.4, -0.2) is 64.3 Å². The number of rotatable bonds is 4. The van der Waals surface area contributed by atoms with Crippen molar-refractivity contribution in [3.63, 3.8) is 0 Å². The molecule has 1 amide bonds. The van der Waals surface area contributed by atoms with Gasteiger partial charge in [-0.25, -0.2) is 4.79 Å². The maximum atomic E-state index is 12.6. The molecule has 7 heteroatoms. The number of carbonyl (C=O) groups is 1. The van der Waals surface area contributed by atoms with Crippen molar-refractivity contribution in [1.82, 2.24) is 19.4 Å². The Morgan fingerprint density at radius 1 is 0.875 bits per heavy atom. The molecular formula is C33H43N5O2. The van der Waals surface area contributed by atoms with Crippen molar-refractivity contribution >= 4 is 39.3 Å². The molecule has 4 aromatic rings. The monoisotopic (exact) mass is 541 g/mol. The Morgan fingerprint density at radius 3 is 2.25 bits per heavy atom. The van der Waals surface area contributed by atoms with Gasteiger partial charge in [0.15, 0.2) is 0 Å². The molecule has 0 spiro atoms. The topological polar surface area (TPSA) is 65.5 Å². The number of hydrogen-bond donors (Lipinski definition) is 2. The quantitative estimate of drug-likeness (QED) is 0.284. The molecule has 2 aliphatic rings. The molecule has 2 saturated heterocycles. The maximum absolute atomic E-state index is 12.6. The average molecular weight is 542 g/mol. The Bertz CT molecular complexity index is 1510. The van der Waals surface area contributed by atoms with Crippen LogP contribution in [0.2, 0.25) is 0 Å². The zero-order valence-electron chi connectivity index (χ0n) is 24.6. The first-order valence-electron chi connectivity index (χ1n) is 14.8. The number of benzene rings is 2. The van der Waals surface area contributed by atoms with E-state index in [1.54, 1.807) is 0 Å². The molecule has 0 saturated carbocycles. The van der Waals surface area contributed by atoms with E-state index in [1.165, 1.54) is 58.9 Å². The molecule has 2 aromatic heterocycles. The van der Waals surface area contributed by atoms with Crippen LogP contribution in [0.3, 0.4) is 0 Å². The SMILES string of the molecule is CN1CCC(c2c[nH]c3cc(Nc4ccc5c(c4)c(C4CCN(C(=O)OC(C)(C)C)CC4)cn5C)ccc23)CC1. The first kappa shape index (κ1) is 26.8. The Labute approximate surface area is 237 Å². The second-order valence-electron chi connectivity index (χ2n) is 12.9. The van der Waals surface area contributed by atoms with E-state index in [0.29, 0.717) is 11.8 Å². The molecule has 7 nitrogen and oxygen atoms in total. The van der Waals surface area contributed by atoms with Crippen LogP contribution in [0.25, 0.3) is 21.8 Å². The van der Waals surface area contributed by atoms with Gasteiger partial charge in [-0.2, -0.15) is 0 Å². The Kier molecular flexibility index (Phi) is 7.03. The van der Waals surface area contributed by atoms with Crippen LogP contribution in [0.4, 0.5) is 16.2 Å². The second kappa shape index (κ2) is 10.5. The van der Waals surface area contributed by atoms with E-state index in [0.717, 1.165) is 37.3 Å². The zero-order valence-corrected chi connectivity index (χ0v) is 24.6. The molecule has 2 fully saturated rings. The fourth-order valence-corrected chi connectivity index (χ4v) is 6.58. The number of likely N-dealkylation sites (tertiary alicyclic amines) is 2. The summed E-state index contributed by atoms with van der Waals surface area (Å²) in [4.78, 5) is 20.4. The number of piperidine rings is 2. The number of amides is 1. The molecule has 0 unspecified atom stereocenters. The van der Waals surface area contributed by atoms with Crippen molar-refractivity contribution in [3.05, 3.63) is 59.9 Å². The largest absolute Gasteiger partial charge is 0.444 e. The second-order valence-corrected chi connectivity index (χ2v) is 12.9. The van der Waals surface area contributed by atoms with Gasteiger partial charge in [-0.05, 0) is 120 Å². The highest BCUT2D eigenvalue weighted by Gasteiger charge is 2.29. The molecule has 6 rings (SSSR count). The first-order valence-corrected chi connectivity index (χ1v) is 14.8. The summed E-state index contributed by atoms with van der Waals surface area (Å²) in [6, 6.07) is 13.4. The third kappa shape index (κ3) is 5.44. The highest BCUT2D eigenvalue weighted by molar-refractivity contribution is 5.90. The third-order valence-corrected chi connectivity index (χ3v) is 8.77. The Hall–Kier alpha value is -3.45. The summed E-state index contributed by atoms with van der Waals surface area (Å²) in [5.41, 5.74) is 6.97. The lowest BCUT2D eigenvalue weighted by atomic mass is 9.89. The van der Waals surface area contributed by atoms with E-state index in [9.17, 15) is 4.79 Å². The minimum Gasteiger partial charge on any atom is -0.444 e. The highest BCUT2D eigenvalue weighted by Crippen LogP contribution is 2.37. The zero-order chi connectivity index (χ0) is 28.0. The number of nitrogens with one attached hydrogen (secondary N) is 2. The summed E-state index contributed by atoms with van der Waals surface area (Å²) in [7, 11) is 4.34. The van der Waals surface area contributed by atoms with Gasteiger partial charge in [0.05, 0.1) is 0 Å². The van der Waals surface area contributed by atoms with E-state index >= 15 is 0 Å². The summed E-state index contributed by atoms with van der Waals surface area (Å²) in [5, 5.41) is 6.29. The lowest BCUT2D eigenvalue weighted by Gasteiger charge is -2.33. The summed E-state index contributed by atoms with van der Waals surface area (Å²) >= 11 is 0. The minimum absolute atomic E-state index is 0.201. The molecule has 212 valence electrons. The van der Waals surface area contributed by atoms with Crippen LogP contribution < -0.4 is 5.32 Å². The van der Waals surface area contributed by atoms with E-state index in [1.807, 2.05) is 25.7 Å². The number of hydrogen-bond acceptors (Lipinski definition) is 4. The average Bonchev–Trinajstić information content (AvgIpc) is 3.49. The number of aryl methyl sites for hydroxylation is 1. The number of nitrogens with zero attached hydrogens (tertiary/aromatic N) is 3. The smallest absolute Gasteiger partial charge is 0.410 e. The van der Waals surface area contributed by atoms with Crippen LogP contribution >= 0.6 is 0 Å². The highest BCUT2D eigenvalue weighted by atomic mass is 16.6. The Morgan fingerprint density at radius 2 is 1.52 bits per heavy atom. The molecule has 40 heavy (non-hydrogen) atoms. The fraction of sp³-hybridized carbons (Fsp3) is 0.485. The van der Waals surface area contributed by atoms with Gasteiger partial charge < -0.3 is 29.4 Å². The predicted molar refractivity (Wildman–Crippen MR) is 164 cm³/mol. The molecular weight excluding hydrogens is 498 g/mol. The standard InChI is InChI=1S/C33H43N5O2/c1-33(2,3)40-32(39)38-16-12-23(13-17-38)29-21-37(5)31-9-7-24(18-27(29)31)35-25-6-8-26-28(20-34-30(26)19-25)22-10-14-36(4)15-11-22/h6-9,18-23,34-35H,10-17H2,1-5H3. The van der Waals surface area contributed by atoms with Crippen LogP contribution in [0.1, 0.15) is 69.4 Å². The van der Waals surface area contributed by atoms with Gasteiger partial charge in [0, 0.05) is 65.7 Å². The number of carbonyl (C=O) groups excluding carboxylic acids is 1. The number of H-pyrrole nitrogens is 1. The molecule has 2 aliphatic heterocycles. The number of fused-ring (bicyclic) bond motifs is 2. The lowest BCUT2D eigenvalue weighted by molar-refractivity contribution is 0.0205. The summed E-state index contributed by atoms with van der Waals surface area (Å²) < 4.78 is 7.82. The van der Waals surface area contributed by atoms with Crippen molar-refractivity contribution in [3.8, 4) is 0 Å². The van der Waals surface area contributed by atoms with Crippen molar-refractivity contribution in [2.24, 2.45) is 7.05 Å². The van der Waals surface area contributed by atoms with Crippen LogP contribution in [0.5, 0.6) is 0 Å². The van der Waals surface area contributed by atoms with E-state index in [-0.39, 0.29) is 6.09 Å². The molecule has 0 atom stereocenters. The Balaban J connectivity index is 1.18. The van der Waals surface area contributed by atoms with E-state index < -0.39 is 5.60 Å². The predicted octanol–water partition coefficient (Wildman–Crippen LogP) is 7.33. The molecule has 2 N–H and O–H groups in total. The summed E-state index contributed by atoms with van der Waals surface area (Å²) in [6.45, 7) is 9.55. The number of aromatic amines is 1. The number of aromatic nitrogens is 2. The van der Waals surface area contributed by atoms with Crippen molar-refractivity contribution < 1.29 is 9.53 Å². The van der Waals surface area contributed by atoms with Crippen molar-refractivity contribution in [2.75, 3.05) is 38.5 Å². The van der Waals surface area contributed by atoms with E-state index in [2.05, 4.69) is 82.7 Å². The summed E-state index contributed by atoms with van der Waals surface area (Å²) in [5.74, 6) is 1.06. The molecule has 2 aromatic carbocycles. The number of anilines is 2. The lowest BCUT2D eigenvalue weighted by Crippen LogP contribution is -2.41. The van der Waals surface area contributed by atoms with Crippen molar-refractivity contribution in [1.29, 1.82) is 0 Å². The van der Waals surface area contributed by atoms with Gasteiger partial charge in [-0.3, -0.25) is 0 Å². The molecule has 0 bridgehead atoms. The van der Waals surface area contributed by atoms with Gasteiger partial charge in [-0.1, -0.05) is 6.07 Å². The van der Waals surface area contributed by atoms with Crippen molar-refractivity contribution in [2.45, 2.75) is 63.9 Å². The van der Waals surface area contributed by atoms with Crippen LogP contribution in [0.15, 0.2) is 48.8 Å². The molecule has 0 radical (unpaired) electrons. The summed E-state index contributed by atoms with van der Waals surface area (Å²) in [6.07, 6.45) is 8.63. The fourth-order valence-electron chi connectivity index (χ4n) is 6.58. The number of ether oxygens (including phenoxy) is 1. The maximum Gasteiger partial charge on any atom is 0.410 e. The normalized spacial score (nSPS) is 18.1. The van der Waals surface area contributed by atoms with Gasteiger partial charge in [0.25, 0.3) is 0 Å².